The molecule has 0 aromatic carbocycles. The molecular weight excluding hydrogens is 212 g/mol. The van der Waals surface area contributed by atoms with E-state index in [1.165, 1.54) is 13.0 Å². The fourth-order valence-electron chi connectivity index (χ4n) is 1.57. The van der Waals surface area contributed by atoms with Crippen LogP contribution in [0.2, 0.25) is 0 Å². The maximum atomic E-state index is 12.9. The lowest BCUT2D eigenvalue weighted by Crippen LogP contribution is -2.42. The van der Waals surface area contributed by atoms with Gasteiger partial charge in [0, 0.05) is 13.0 Å². The highest BCUT2D eigenvalue weighted by Crippen LogP contribution is 2.26. The number of carbonyl (C=O) groups excluding carboxylic acids is 1. The van der Waals surface area contributed by atoms with E-state index >= 15 is 0 Å². The van der Waals surface area contributed by atoms with Crippen molar-refractivity contribution in [2.24, 2.45) is 0 Å². The Morgan fingerprint density at radius 2 is 2.06 bits per heavy atom. The summed E-state index contributed by atoms with van der Waals surface area (Å²) in [6.07, 6.45) is 3.58. The first-order valence-electron chi connectivity index (χ1n) is 5.77. The van der Waals surface area contributed by atoms with Crippen molar-refractivity contribution in [3.8, 4) is 0 Å². The fourth-order valence-corrected chi connectivity index (χ4v) is 1.57. The summed E-state index contributed by atoms with van der Waals surface area (Å²) in [6, 6.07) is 0. The molecule has 0 atom stereocenters. The number of ketones is 1. The molecule has 1 aliphatic heterocycles. The minimum Gasteiger partial charge on any atom is -0.295 e. The zero-order chi connectivity index (χ0) is 12.6. The van der Waals surface area contributed by atoms with Crippen LogP contribution >= 0.6 is 0 Å². The third kappa shape index (κ3) is 6.67. The molecule has 1 aliphatic rings. The van der Waals surface area contributed by atoms with E-state index in [-0.39, 0.29) is 18.7 Å². The molecule has 2 nitrogen and oxygen atoms in total. The van der Waals surface area contributed by atoms with E-state index < -0.39 is 5.92 Å². The average molecular weight is 233 g/mol. The summed E-state index contributed by atoms with van der Waals surface area (Å²) in [5, 5.41) is 0. The molecule has 1 fully saturated rings. The summed E-state index contributed by atoms with van der Waals surface area (Å²) in [5.74, 6) is -2.60. The molecule has 94 valence electrons. The van der Waals surface area contributed by atoms with Gasteiger partial charge in [-0.05, 0) is 26.0 Å². The Hall–Kier alpha value is -0.770. The third-order valence-electron chi connectivity index (χ3n) is 2.19. The molecule has 0 amide bonds. The number of hydrogen-bond donors (Lipinski definition) is 0. The van der Waals surface area contributed by atoms with Crippen LogP contribution in [-0.4, -0.2) is 36.2 Å². The Bertz CT molecular complexity index is 239. The van der Waals surface area contributed by atoms with Crippen LogP contribution in [0.25, 0.3) is 0 Å². The molecule has 1 saturated heterocycles. The molecule has 0 aromatic heterocycles. The molecular formula is C12H21F2NO. The topological polar surface area (TPSA) is 20.3 Å². The highest BCUT2D eigenvalue weighted by molar-refractivity contribution is 5.87. The number of alkyl halides is 2. The normalized spacial score (nSPS) is 20.3. The first-order valence-corrected chi connectivity index (χ1v) is 5.77. The van der Waals surface area contributed by atoms with E-state index in [1.54, 1.807) is 11.0 Å². The van der Waals surface area contributed by atoms with E-state index in [0.717, 1.165) is 0 Å². The van der Waals surface area contributed by atoms with Gasteiger partial charge in [0.15, 0.2) is 5.78 Å². The van der Waals surface area contributed by atoms with Gasteiger partial charge in [-0.15, -0.1) is 0 Å². The van der Waals surface area contributed by atoms with E-state index in [4.69, 9.17) is 0 Å². The molecule has 0 spiro atoms. The summed E-state index contributed by atoms with van der Waals surface area (Å²) in [7, 11) is 0. The van der Waals surface area contributed by atoms with Gasteiger partial charge in [0.1, 0.15) is 0 Å². The second-order valence-electron chi connectivity index (χ2n) is 3.71. The van der Waals surface area contributed by atoms with Crippen LogP contribution in [0.5, 0.6) is 0 Å². The predicted octanol–water partition coefficient (Wildman–Crippen LogP) is 2.89. The van der Waals surface area contributed by atoms with Crippen LogP contribution in [-0.2, 0) is 4.79 Å². The quantitative estimate of drug-likeness (QED) is 0.699. The number of nitrogens with zero attached hydrogens (tertiary/aromatic N) is 1. The van der Waals surface area contributed by atoms with Crippen molar-refractivity contribution in [3.05, 3.63) is 12.2 Å². The molecule has 0 bridgehead atoms. The van der Waals surface area contributed by atoms with Crippen molar-refractivity contribution in [1.29, 1.82) is 0 Å². The predicted molar refractivity (Wildman–Crippen MR) is 61.8 cm³/mol. The molecule has 0 aromatic rings. The van der Waals surface area contributed by atoms with Crippen LogP contribution in [0.1, 0.15) is 33.6 Å². The van der Waals surface area contributed by atoms with Gasteiger partial charge in [-0.25, -0.2) is 8.78 Å². The molecule has 0 unspecified atom stereocenters. The van der Waals surface area contributed by atoms with Gasteiger partial charge in [0.25, 0.3) is 5.92 Å². The SMILES string of the molecule is CC.CC(=O)/C=C/CN1CCCC(F)(F)C1. The highest BCUT2D eigenvalue weighted by atomic mass is 19.3. The van der Waals surface area contributed by atoms with Gasteiger partial charge in [-0.3, -0.25) is 9.69 Å². The zero-order valence-corrected chi connectivity index (χ0v) is 10.3. The number of hydrogen-bond acceptors (Lipinski definition) is 2. The molecule has 1 rings (SSSR count). The lowest BCUT2D eigenvalue weighted by molar-refractivity contribution is -0.112. The second kappa shape index (κ2) is 7.49. The largest absolute Gasteiger partial charge is 0.295 e. The molecule has 16 heavy (non-hydrogen) atoms. The molecule has 0 saturated carbocycles. The van der Waals surface area contributed by atoms with Crippen LogP contribution in [0.15, 0.2) is 12.2 Å². The number of rotatable bonds is 3. The van der Waals surface area contributed by atoms with Gasteiger partial charge < -0.3 is 0 Å². The van der Waals surface area contributed by atoms with Gasteiger partial charge >= 0.3 is 0 Å². The van der Waals surface area contributed by atoms with Crippen LogP contribution in [0.4, 0.5) is 8.78 Å². The number of likely N-dealkylation sites (tertiary alicyclic amines) is 1. The Kier molecular flexibility index (Phi) is 7.13. The van der Waals surface area contributed by atoms with Gasteiger partial charge in [0.2, 0.25) is 0 Å². The molecule has 0 radical (unpaired) electrons. The molecule has 0 N–H and O–H groups in total. The summed E-state index contributed by atoms with van der Waals surface area (Å²) < 4.78 is 25.8. The number of allylic oxidation sites excluding steroid dienone is 1. The van der Waals surface area contributed by atoms with Crippen LogP contribution in [0.3, 0.4) is 0 Å². The Balaban J connectivity index is 0.00000106. The zero-order valence-electron chi connectivity index (χ0n) is 10.3. The molecule has 1 heterocycles. The smallest absolute Gasteiger partial charge is 0.260 e. The maximum Gasteiger partial charge on any atom is 0.260 e. The van der Waals surface area contributed by atoms with Crippen molar-refractivity contribution in [2.45, 2.75) is 39.5 Å². The van der Waals surface area contributed by atoms with Gasteiger partial charge in [-0.1, -0.05) is 19.9 Å². The van der Waals surface area contributed by atoms with Crippen molar-refractivity contribution in [3.63, 3.8) is 0 Å². The van der Waals surface area contributed by atoms with E-state index in [0.29, 0.717) is 19.5 Å². The third-order valence-corrected chi connectivity index (χ3v) is 2.19. The lowest BCUT2D eigenvalue weighted by atomic mass is 10.1. The summed E-state index contributed by atoms with van der Waals surface area (Å²) in [4.78, 5) is 12.2. The minimum absolute atomic E-state index is 0.0140. The van der Waals surface area contributed by atoms with E-state index in [2.05, 4.69) is 0 Å². The van der Waals surface area contributed by atoms with E-state index in [1.807, 2.05) is 13.8 Å². The molecule has 4 heteroatoms. The first-order chi connectivity index (χ1) is 7.49. The lowest BCUT2D eigenvalue weighted by Gasteiger charge is -2.31. The fraction of sp³-hybridized carbons (Fsp3) is 0.750. The summed E-state index contributed by atoms with van der Waals surface area (Å²) in [5.41, 5.74) is 0. The van der Waals surface area contributed by atoms with Crippen molar-refractivity contribution < 1.29 is 13.6 Å². The number of halogens is 2. The number of carbonyl (C=O) groups is 1. The second-order valence-corrected chi connectivity index (χ2v) is 3.71. The molecule has 0 aliphatic carbocycles. The van der Waals surface area contributed by atoms with Gasteiger partial charge in [0.05, 0.1) is 6.54 Å². The Morgan fingerprint density at radius 1 is 1.44 bits per heavy atom. The Labute approximate surface area is 96.3 Å². The number of piperidine rings is 1. The maximum absolute atomic E-state index is 12.9. The van der Waals surface area contributed by atoms with Crippen LogP contribution < -0.4 is 0 Å². The summed E-state index contributed by atoms with van der Waals surface area (Å²) >= 11 is 0. The van der Waals surface area contributed by atoms with Crippen molar-refractivity contribution >= 4 is 5.78 Å². The average Bonchev–Trinajstić information content (AvgIpc) is 2.19. The summed E-state index contributed by atoms with van der Waals surface area (Å²) in [6.45, 7) is 6.39. The standard InChI is InChI=1S/C10H15F2NO.C2H6/c1-9(14)4-2-6-13-7-3-5-10(11,12)8-13;1-2/h2,4H,3,5-8H2,1H3;1-2H3/b4-2+;. The first kappa shape index (κ1) is 15.2. The van der Waals surface area contributed by atoms with Crippen molar-refractivity contribution in [2.75, 3.05) is 19.6 Å². The van der Waals surface area contributed by atoms with Gasteiger partial charge in [-0.2, -0.15) is 0 Å². The minimum atomic E-state index is -2.55. The highest BCUT2D eigenvalue weighted by Gasteiger charge is 2.34. The monoisotopic (exact) mass is 233 g/mol. The van der Waals surface area contributed by atoms with Crippen molar-refractivity contribution in [1.82, 2.24) is 4.90 Å². The Morgan fingerprint density at radius 3 is 2.56 bits per heavy atom. The van der Waals surface area contributed by atoms with E-state index in [9.17, 15) is 13.6 Å². The van der Waals surface area contributed by atoms with Crippen LogP contribution in [0, 0.1) is 0 Å².